The number of benzene rings is 2. The summed E-state index contributed by atoms with van der Waals surface area (Å²) in [5.74, 6) is 0.712. The smallest absolute Gasteiger partial charge is 0.170 e. The fourth-order valence-electron chi connectivity index (χ4n) is 3.48. The van der Waals surface area contributed by atoms with Crippen molar-refractivity contribution in [1.29, 1.82) is 0 Å². The fraction of sp³-hybridized carbons (Fsp3) is 0.350. The molecule has 7 heteroatoms. The van der Waals surface area contributed by atoms with Crippen molar-refractivity contribution < 1.29 is 4.39 Å². The molecule has 0 atom stereocenters. The van der Waals surface area contributed by atoms with E-state index in [0.717, 1.165) is 49.7 Å². The maximum absolute atomic E-state index is 13.9. The van der Waals surface area contributed by atoms with Gasteiger partial charge in [-0.3, -0.25) is 9.80 Å². The van der Waals surface area contributed by atoms with Crippen molar-refractivity contribution in [2.75, 3.05) is 26.2 Å². The highest BCUT2D eigenvalue weighted by atomic mass is 19.1. The molecule has 1 saturated heterocycles. The Morgan fingerprint density at radius 3 is 2.30 bits per heavy atom. The van der Waals surface area contributed by atoms with E-state index in [-0.39, 0.29) is 5.82 Å². The van der Waals surface area contributed by atoms with Crippen LogP contribution in [0.15, 0.2) is 54.6 Å². The Morgan fingerprint density at radius 1 is 0.815 bits per heavy atom. The average molecular weight is 366 g/mol. The van der Waals surface area contributed by atoms with Gasteiger partial charge in [0, 0.05) is 25.2 Å². The maximum Gasteiger partial charge on any atom is 0.170 e. The maximum atomic E-state index is 13.9. The van der Waals surface area contributed by atoms with Crippen LogP contribution in [0.5, 0.6) is 0 Å². The van der Waals surface area contributed by atoms with Crippen LogP contribution in [0.1, 0.15) is 17.8 Å². The van der Waals surface area contributed by atoms with Crippen molar-refractivity contribution in [2.45, 2.75) is 19.5 Å². The number of hydrogen-bond acceptors (Lipinski definition) is 5. The summed E-state index contributed by atoms with van der Waals surface area (Å²) in [4.78, 5) is 4.69. The van der Waals surface area contributed by atoms with E-state index in [0.29, 0.717) is 13.1 Å². The van der Waals surface area contributed by atoms with Crippen molar-refractivity contribution in [1.82, 2.24) is 30.0 Å². The summed E-state index contributed by atoms with van der Waals surface area (Å²) in [6.07, 6.45) is 1.04. The normalized spacial score (nSPS) is 16.3. The molecular formula is C20H23FN6. The van der Waals surface area contributed by atoms with Gasteiger partial charge in [-0.2, -0.15) is 4.68 Å². The Bertz CT molecular complexity index is 866. The Hall–Kier alpha value is -2.64. The molecule has 1 fully saturated rings. The van der Waals surface area contributed by atoms with E-state index in [4.69, 9.17) is 0 Å². The molecule has 2 heterocycles. The molecule has 0 bridgehead atoms. The quantitative estimate of drug-likeness (QED) is 0.694. The lowest BCUT2D eigenvalue weighted by molar-refractivity contribution is 0.241. The van der Waals surface area contributed by atoms with E-state index in [9.17, 15) is 4.39 Å². The third-order valence-electron chi connectivity index (χ3n) is 4.93. The predicted octanol–water partition coefficient (Wildman–Crippen LogP) is 2.51. The minimum atomic E-state index is -0.124. The van der Waals surface area contributed by atoms with Crippen molar-refractivity contribution >= 4 is 0 Å². The van der Waals surface area contributed by atoms with Gasteiger partial charge >= 0.3 is 0 Å². The minimum Gasteiger partial charge on any atom is -0.298 e. The van der Waals surface area contributed by atoms with Crippen molar-refractivity contribution in [3.05, 3.63) is 71.8 Å². The summed E-state index contributed by atoms with van der Waals surface area (Å²) in [5, 5.41) is 12.2. The topological polar surface area (TPSA) is 50.1 Å². The van der Waals surface area contributed by atoms with Crippen LogP contribution in [0, 0.1) is 5.82 Å². The highest BCUT2D eigenvalue weighted by molar-refractivity contribution is 5.30. The first kappa shape index (κ1) is 17.8. The second-order valence-corrected chi connectivity index (χ2v) is 6.84. The third-order valence-corrected chi connectivity index (χ3v) is 4.93. The van der Waals surface area contributed by atoms with E-state index in [1.165, 1.54) is 6.07 Å². The number of rotatable bonds is 5. The molecule has 0 aliphatic carbocycles. The summed E-state index contributed by atoms with van der Waals surface area (Å²) in [6, 6.07) is 17.0. The minimum absolute atomic E-state index is 0.124. The summed E-state index contributed by atoms with van der Waals surface area (Å²) in [6.45, 7) is 5.12. The summed E-state index contributed by atoms with van der Waals surface area (Å²) < 4.78 is 15.7. The molecule has 0 spiro atoms. The molecule has 2 aromatic carbocycles. The zero-order chi connectivity index (χ0) is 18.5. The molecule has 6 nitrogen and oxygen atoms in total. The lowest BCUT2D eigenvalue weighted by atomic mass is 10.2. The van der Waals surface area contributed by atoms with Gasteiger partial charge in [0.05, 0.1) is 12.2 Å². The zero-order valence-corrected chi connectivity index (χ0v) is 15.2. The van der Waals surface area contributed by atoms with E-state index >= 15 is 0 Å². The summed E-state index contributed by atoms with van der Waals surface area (Å²) in [5.41, 5.74) is 1.73. The van der Waals surface area contributed by atoms with Crippen LogP contribution in [0.25, 0.3) is 5.69 Å². The molecule has 0 unspecified atom stereocenters. The van der Waals surface area contributed by atoms with Gasteiger partial charge in [-0.25, -0.2) is 4.39 Å². The number of tetrazole rings is 1. The standard InChI is InChI=1S/C20H23FN6/c21-19-10-5-4-7-17(19)15-25-11-6-12-26(14-13-25)16-20-22-23-24-27(20)18-8-2-1-3-9-18/h1-5,7-10H,6,11-16H2. The second kappa shape index (κ2) is 8.37. The Labute approximate surface area is 158 Å². The molecule has 0 N–H and O–H groups in total. The molecule has 1 aliphatic rings. The summed E-state index contributed by atoms with van der Waals surface area (Å²) in [7, 11) is 0. The number of aromatic nitrogens is 4. The number of halogens is 1. The van der Waals surface area contributed by atoms with E-state index < -0.39 is 0 Å². The molecule has 0 amide bonds. The molecule has 1 aliphatic heterocycles. The van der Waals surface area contributed by atoms with Crippen LogP contribution < -0.4 is 0 Å². The molecule has 27 heavy (non-hydrogen) atoms. The van der Waals surface area contributed by atoms with Crippen LogP contribution >= 0.6 is 0 Å². The lowest BCUT2D eigenvalue weighted by Crippen LogP contribution is -2.31. The molecule has 4 rings (SSSR count). The first-order valence-corrected chi connectivity index (χ1v) is 9.30. The monoisotopic (exact) mass is 366 g/mol. The van der Waals surface area contributed by atoms with Crippen LogP contribution in [0.2, 0.25) is 0 Å². The molecule has 3 aromatic rings. The van der Waals surface area contributed by atoms with Crippen molar-refractivity contribution in [3.63, 3.8) is 0 Å². The molecule has 0 saturated carbocycles. The lowest BCUT2D eigenvalue weighted by Gasteiger charge is -2.21. The van der Waals surface area contributed by atoms with Gasteiger partial charge in [0.25, 0.3) is 0 Å². The Kier molecular flexibility index (Phi) is 5.50. The van der Waals surface area contributed by atoms with E-state index in [1.807, 2.05) is 42.5 Å². The van der Waals surface area contributed by atoms with Crippen LogP contribution in [-0.4, -0.2) is 56.2 Å². The predicted molar refractivity (Wildman–Crippen MR) is 101 cm³/mol. The molecular weight excluding hydrogens is 343 g/mol. The van der Waals surface area contributed by atoms with E-state index in [1.54, 1.807) is 10.7 Å². The fourth-order valence-corrected chi connectivity index (χ4v) is 3.48. The van der Waals surface area contributed by atoms with Crippen molar-refractivity contribution in [2.24, 2.45) is 0 Å². The number of para-hydroxylation sites is 1. The van der Waals surface area contributed by atoms with Gasteiger partial charge in [0.15, 0.2) is 5.82 Å². The molecule has 1 aromatic heterocycles. The van der Waals surface area contributed by atoms with Gasteiger partial charge in [0.1, 0.15) is 5.82 Å². The highest BCUT2D eigenvalue weighted by Gasteiger charge is 2.19. The van der Waals surface area contributed by atoms with Crippen LogP contribution in [0.4, 0.5) is 4.39 Å². The van der Waals surface area contributed by atoms with Crippen molar-refractivity contribution in [3.8, 4) is 5.69 Å². The van der Waals surface area contributed by atoms with Gasteiger partial charge in [-0.15, -0.1) is 5.10 Å². The summed E-state index contributed by atoms with van der Waals surface area (Å²) >= 11 is 0. The SMILES string of the molecule is Fc1ccccc1CN1CCCN(Cc2nnnn2-c2ccccc2)CC1. The molecule has 0 radical (unpaired) electrons. The first-order chi connectivity index (χ1) is 13.3. The molecule has 140 valence electrons. The Balaban J connectivity index is 1.38. The third kappa shape index (κ3) is 4.37. The Morgan fingerprint density at radius 2 is 1.52 bits per heavy atom. The van der Waals surface area contributed by atoms with Gasteiger partial charge < -0.3 is 0 Å². The highest BCUT2D eigenvalue weighted by Crippen LogP contribution is 2.14. The number of nitrogens with zero attached hydrogens (tertiary/aromatic N) is 6. The largest absolute Gasteiger partial charge is 0.298 e. The average Bonchev–Trinajstić information content (AvgIpc) is 3.04. The van der Waals surface area contributed by atoms with Gasteiger partial charge in [-0.05, 0) is 48.1 Å². The van der Waals surface area contributed by atoms with E-state index in [2.05, 4.69) is 25.3 Å². The first-order valence-electron chi connectivity index (χ1n) is 9.30. The van der Waals surface area contributed by atoms with Gasteiger partial charge in [-0.1, -0.05) is 36.4 Å². The second-order valence-electron chi connectivity index (χ2n) is 6.84. The number of hydrogen-bond donors (Lipinski definition) is 0. The van der Waals surface area contributed by atoms with Crippen LogP contribution in [0.3, 0.4) is 0 Å². The zero-order valence-electron chi connectivity index (χ0n) is 15.2. The van der Waals surface area contributed by atoms with Crippen LogP contribution in [-0.2, 0) is 13.1 Å². The van der Waals surface area contributed by atoms with Gasteiger partial charge in [0.2, 0.25) is 0 Å².